The van der Waals surface area contributed by atoms with Gasteiger partial charge in [0, 0.05) is 29.7 Å². The maximum absolute atomic E-state index is 4.64. The second-order valence-electron chi connectivity index (χ2n) is 5.60. The van der Waals surface area contributed by atoms with Crippen LogP contribution >= 0.6 is 15.9 Å². The third kappa shape index (κ3) is 3.25. The summed E-state index contributed by atoms with van der Waals surface area (Å²) in [4.78, 5) is 7.19. The Morgan fingerprint density at radius 2 is 2.11 bits per heavy atom. The second-order valence-corrected chi connectivity index (χ2v) is 6.16. The van der Waals surface area contributed by atoms with Gasteiger partial charge in [0.05, 0.1) is 0 Å². The van der Waals surface area contributed by atoms with E-state index in [1.807, 2.05) is 12.3 Å². The summed E-state index contributed by atoms with van der Waals surface area (Å²) in [5.41, 5.74) is 1.31. The third-order valence-corrected chi connectivity index (χ3v) is 4.21. The van der Waals surface area contributed by atoms with Crippen LogP contribution in [0.25, 0.3) is 0 Å². The minimum absolute atomic E-state index is 0.677. The summed E-state index contributed by atoms with van der Waals surface area (Å²) < 4.78 is 0. The number of anilines is 1. The van der Waals surface area contributed by atoms with Gasteiger partial charge < -0.3 is 4.90 Å². The molecule has 0 aromatic carbocycles. The molecule has 3 heteroatoms. The normalized spacial score (nSPS) is 16.4. The van der Waals surface area contributed by atoms with E-state index in [1.54, 1.807) is 0 Å². The standard InChI is InChI=1S/C15H23BrN2/c1-12(2)11-18(14-7-3-4-8-14)15-13(10-16)6-5-9-17-15/h5-6,9,12,14H,3-4,7-8,10-11H2,1-2H3. The van der Waals surface area contributed by atoms with Gasteiger partial charge in [0.15, 0.2) is 0 Å². The maximum Gasteiger partial charge on any atom is 0.132 e. The highest BCUT2D eigenvalue weighted by atomic mass is 79.9. The van der Waals surface area contributed by atoms with Crippen LogP contribution in [0.2, 0.25) is 0 Å². The molecule has 1 aromatic rings. The molecule has 100 valence electrons. The summed E-state index contributed by atoms with van der Waals surface area (Å²) in [6.45, 7) is 5.69. The predicted molar refractivity (Wildman–Crippen MR) is 81.3 cm³/mol. The lowest BCUT2D eigenvalue weighted by molar-refractivity contribution is 0.530. The minimum atomic E-state index is 0.677. The quantitative estimate of drug-likeness (QED) is 0.750. The highest BCUT2D eigenvalue weighted by Gasteiger charge is 2.25. The molecule has 1 aromatic heterocycles. The molecule has 0 N–H and O–H groups in total. The number of rotatable bonds is 5. The molecule has 0 atom stereocenters. The number of alkyl halides is 1. The second kappa shape index (κ2) is 6.55. The van der Waals surface area contributed by atoms with Crippen LogP contribution in [0.3, 0.4) is 0 Å². The summed E-state index contributed by atoms with van der Waals surface area (Å²) >= 11 is 3.58. The van der Waals surface area contributed by atoms with E-state index in [0.717, 1.165) is 11.9 Å². The molecule has 1 aliphatic rings. The molecule has 0 unspecified atom stereocenters. The molecule has 0 spiro atoms. The van der Waals surface area contributed by atoms with Gasteiger partial charge in [-0.3, -0.25) is 0 Å². The van der Waals surface area contributed by atoms with Crippen LogP contribution < -0.4 is 4.90 Å². The Morgan fingerprint density at radius 3 is 2.72 bits per heavy atom. The topological polar surface area (TPSA) is 16.1 Å². The summed E-state index contributed by atoms with van der Waals surface area (Å²) in [5.74, 6) is 1.87. The minimum Gasteiger partial charge on any atom is -0.353 e. The van der Waals surface area contributed by atoms with Crippen molar-refractivity contribution in [3.63, 3.8) is 0 Å². The number of nitrogens with zero attached hydrogens (tertiary/aromatic N) is 2. The fourth-order valence-electron chi connectivity index (χ4n) is 2.81. The summed E-state index contributed by atoms with van der Waals surface area (Å²) in [6, 6.07) is 4.90. The largest absolute Gasteiger partial charge is 0.353 e. The number of pyridine rings is 1. The molecule has 2 rings (SSSR count). The molecular formula is C15H23BrN2. The average Bonchev–Trinajstić information content (AvgIpc) is 2.89. The van der Waals surface area contributed by atoms with Crippen molar-refractivity contribution in [2.45, 2.75) is 50.9 Å². The van der Waals surface area contributed by atoms with Gasteiger partial charge in [-0.1, -0.05) is 48.7 Å². The van der Waals surface area contributed by atoms with E-state index in [0.29, 0.717) is 12.0 Å². The van der Waals surface area contributed by atoms with Gasteiger partial charge >= 0.3 is 0 Å². The molecule has 0 aliphatic heterocycles. The van der Waals surface area contributed by atoms with Gasteiger partial charge in [-0.15, -0.1) is 0 Å². The highest BCUT2D eigenvalue weighted by molar-refractivity contribution is 9.08. The molecule has 1 fully saturated rings. The first kappa shape index (κ1) is 13.9. The summed E-state index contributed by atoms with van der Waals surface area (Å²) in [7, 11) is 0. The fourth-order valence-corrected chi connectivity index (χ4v) is 3.25. The van der Waals surface area contributed by atoms with E-state index in [1.165, 1.54) is 37.1 Å². The SMILES string of the molecule is CC(C)CN(c1ncccc1CBr)C1CCCC1. The first-order chi connectivity index (χ1) is 8.72. The molecule has 2 nitrogen and oxygen atoms in total. The zero-order valence-corrected chi connectivity index (χ0v) is 13.0. The van der Waals surface area contributed by atoms with Crippen molar-refractivity contribution >= 4 is 21.7 Å². The summed E-state index contributed by atoms with van der Waals surface area (Å²) in [6.07, 6.45) is 7.31. The Balaban J connectivity index is 2.26. The monoisotopic (exact) mass is 310 g/mol. The lowest BCUT2D eigenvalue weighted by Crippen LogP contribution is -2.37. The zero-order valence-electron chi connectivity index (χ0n) is 11.4. The van der Waals surface area contributed by atoms with Gasteiger partial charge in [-0.2, -0.15) is 0 Å². The number of hydrogen-bond donors (Lipinski definition) is 0. The Bertz CT molecular complexity index is 373. The molecule has 1 aliphatic carbocycles. The summed E-state index contributed by atoms with van der Waals surface area (Å²) in [5, 5.41) is 0.886. The lowest BCUT2D eigenvalue weighted by atomic mass is 10.1. The van der Waals surface area contributed by atoms with E-state index >= 15 is 0 Å². The van der Waals surface area contributed by atoms with Crippen LogP contribution in [0, 0.1) is 5.92 Å². The van der Waals surface area contributed by atoms with Crippen molar-refractivity contribution in [2.24, 2.45) is 5.92 Å². The molecule has 1 saturated carbocycles. The van der Waals surface area contributed by atoms with Crippen LogP contribution in [0.15, 0.2) is 18.3 Å². The Labute approximate surface area is 119 Å². The van der Waals surface area contributed by atoms with Gasteiger partial charge in [-0.05, 0) is 24.8 Å². The van der Waals surface area contributed by atoms with Crippen LogP contribution in [0.1, 0.15) is 45.1 Å². The predicted octanol–water partition coefficient (Wildman–Crippen LogP) is 4.38. The van der Waals surface area contributed by atoms with Crippen molar-refractivity contribution in [1.29, 1.82) is 0 Å². The molecule has 0 radical (unpaired) electrons. The molecule has 1 heterocycles. The molecule has 18 heavy (non-hydrogen) atoms. The highest BCUT2D eigenvalue weighted by Crippen LogP contribution is 2.30. The number of hydrogen-bond acceptors (Lipinski definition) is 2. The van der Waals surface area contributed by atoms with Crippen molar-refractivity contribution in [1.82, 2.24) is 4.98 Å². The van der Waals surface area contributed by atoms with E-state index in [4.69, 9.17) is 0 Å². The van der Waals surface area contributed by atoms with Crippen molar-refractivity contribution in [3.8, 4) is 0 Å². The van der Waals surface area contributed by atoms with Crippen LogP contribution in [0.4, 0.5) is 5.82 Å². The van der Waals surface area contributed by atoms with Crippen molar-refractivity contribution in [2.75, 3.05) is 11.4 Å². The molecule has 0 saturated heterocycles. The lowest BCUT2D eigenvalue weighted by Gasteiger charge is -2.33. The van der Waals surface area contributed by atoms with Crippen molar-refractivity contribution < 1.29 is 0 Å². The van der Waals surface area contributed by atoms with Gasteiger partial charge in [0.2, 0.25) is 0 Å². The Morgan fingerprint density at radius 1 is 1.39 bits per heavy atom. The first-order valence-electron chi connectivity index (χ1n) is 6.99. The van der Waals surface area contributed by atoms with Gasteiger partial charge in [0.1, 0.15) is 5.82 Å². The van der Waals surface area contributed by atoms with E-state index in [2.05, 4.69) is 45.7 Å². The van der Waals surface area contributed by atoms with Crippen LogP contribution in [-0.2, 0) is 5.33 Å². The van der Waals surface area contributed by atoms with Crippen LogP contribution in [-0.4, -0.2) is 17.6 Å². The third-order valence-electron chi connectivity index (χ3n) is 3.61. The van der Waals surface area contributed by atoms with Crippen LogP contribution in [0.5, 0.6) is 0 Å². The van der Waals surface area contributed by atoms with E-state index in [-0.39, 0.29) is 0 Å². The Kier molecular flexibility index (Phi) is 5.04. The molecule has 0 bridgehead atoms. The number of aromatic nitrogens is 1. The van der Waals surface area contributed by atoms with Gasteiger partial charge in [0.25, 0.3) is 0 Å². The Hall–Kier alpha value is -0.570. The average molecular weight is 311 g/mol. The van der Waals surface area contributed by atoms with E-state index in [9.17, 15) is 0 Å². The van der Waals surface area contributed by atoms with Crippen molar-refractivity contribution in [3.05, 3.63) is 23.9 Å². The maximum atomic E-state index is 4.64. The van der Waals surface area contributed by atoms with E-state index < -0.39 is 0 Å². The first-order valence-corrected chi connectivity index (χ1v) is 8.11. The number of halogens is 1. The fraction of sp³-hybridized carbons (Fsp3) is 0.667. The van der Waals surface area contributed by atoms with Gasteiger partial charge in [-0.25, -0.2) is 4.98 Å². The molecular weight excluding hydrogens is 288 g/mol. The molecule has 0 amide bonds. The zero-order chi connectivity index (χ0) is 13.0. The smallest absolute Gasteiger partial charge is 0.132 e.